The van der Waals surface area contributed by atoms with Crippen molar-refractivity contribution in [1.29, 1.82) is 0 Å². The number of hydrogen-bond donors (Lipinski definition) is 2. The molecule has 5 nitrogen and oxygen atoms in total. The van der Waals surface area contributed by atoms with Crippen LogP contribution in [0.15, 0.2) is 18.2 Å². The highest BCUT2D eigenvalue weighted by Gasteiger charge is 2.58. The largest absolute Gasteiger partial charge is 0.399 e. The van der Waals surface area contributed by atoms with Gasteiger partial charge in [0.1, 0.15) is 5.82 Å². The fraction of sp³-hybridized carbons (Fsp3) is 0.611. The smallest absolute Gasteiger partial charge is 0.225 e. The number of hydrogen-bond acceptors (Lipinski definition) is 4. The second kappa shape index (κ2) is 6.69. The van der Waals surface area contributed by atoms with Gasteiger partial charge in [0.05, 0.1) is 11.3 Å². The Morgan fingerprint density at radius 2 is 2.12 bits per heavy atom. The highest BCUT2D eigenvalue weighted by atomic mass is 19.1. The maximum absolute atomic E-state index is 13.7. The number of carbonyl (C=O) groups excluding carboxylic acids is 1. The number of nitrogens with zero attached hydrogens (tertiary/aromatic N) is 1. The van der Waals surface area contributed by atoms with Gasteiger partial charge < -0.3 is 20.7 Å². The average Bonchev–Trinajstić information content (AvgIpc) is 2.53. The van der Waals surface area contributed by atoms with Crippen LogP contribution < -0.4 is 11.1 Å². The van der Waals surface area contributed by atoms with Crippen LogP contribution in [0.2, 0.25) is 0 Å². The summed E-state index contributed by atoms with van der Waals surface area (Å²) in [5.41, 5.74) is 6.03. The van der Waals surface area contributed by atoms with Crippen molar-refractivity contribution in [1.82, 2.24) is 4.90 Å². The molecule has 2 atom stereocenters. The molecule has 0 heterocycles. The van der Waals surface area contributed by atoms with Gasteiger partial charge in [-0.05, 0) is 38.6 Å². The second-order valence-corrected chi connectivity index (χ2v) is 7.39. The molecule has 1 aliphatic carbocycles. The molecule has 134 valence electrons. The maximum atomic E-state index is 13.7. The Balaban J connectivity index is 1.87. The van der Waals surface area contributed by atoms with Gasteiger partial charge in [0, 0.05) is 37.2 Å². The molecule has 1 amide bonds. The molecule has 1 aromatic rings. The number of rotatable bonds is 6. The van der Waals surface area contributed by atoms with Gasteiger partial charge >= 0.3 is 0 Å². The lowest BCUT2D eigenvalue weighted by atomic mass is 9.55. The van der Waals surface area contributed by atoms with E-state index in [1.807, 2.05) is 7.05 Å². The Labute approximate surface area is 143 Å². The van der Waals surface area contributed by atoms with Crippen molar-refractivity contribution in [3.05, 3.63) is 24.0 Å². The third-order valence-corrected chi connectivity index (χ3v) is 5.72. The van der Waals surface area contributed by atoms with E-state index in [9.17, 15) is 9.18 Å². The van der Waals surface area contributed by atoms with Crippen LogP contribution >= 0.6 is 0 Å². The molecule has 3 N–H and O–H groups in total. The summed E-state index contributed by atoms with van der Waals surface area (Å²) in [7, 11) is 3.75. The van der Waals surface area contributed by atoms with Gasteiger partial charge in [-0.15, -0.1) is 0 Å². The number of methoxy groups -OCH3 is 1. The summed E-state index contributed by atoms with van der Waals surface area (Å²) in [5, 5.41) is 2.58. The molecule has 1 saturated carbocycles. The molecule has 1 aliphatic rings. The van der Waals surface area contributed by atoms with Crippen molar-refractivity contribution in [2.24, 2.45) is 5.41 Å². The molecule has 24 heavy (non-hydrogen) atoms. The van der Waals surface area contributed by atoms with Crippen LogP contribution in [0.3, 0.4) is 0 Å². The van der Waals surface area contributed by atoms with E-state index in [0.29, 0.717) is 24.7 Å². The summed E-state index contributed by atoms with van der Waals surface area (Å²) in [5.74, 6) is -0.708. The summed E-state index contributed by atoms with van der Waals surface area (Å²) in [4.78, 5) is 14.3. The van der Waals surface area contributed by atoms with Crippen LogP contribution in [0.5, 0.6) is 0 Å². The third kappa shape index (κ3) is 3.39. The van der Waals surface area contributed by atoms with Crippen LogP contribution in [0.4, 0.5) is 15.8 Å². The fourth-order valence-electron chi connectivity index (χ4n) is 3.45. The van der Waals surface area contributed by atoms with Gasteiger partial charge in [0.25, 0.3) is 0 Å². The van der Waals surface area contributed by atoms with Gasteiger partial charge in [-0.25, -0.2) is 4.39 Å². The molecule has 0 radical (unpaired) electrons. The molecule has 1 aromatic carbocycles. The van der Waals surface area contributed by atoms with Crippen molar-refractivity contribution in [2.75, 3.05) is 31.8 Å². The topological polar surface area (TPSA) is 67.6 Å². The van der Waals surface area contributed by atoms with Gasteiger partial charge in [-0.3, -0.25) is 4.79 Å². The first-order chi connectivity index (χ1) is 11.1. The number of nitrogens with one attached hydrogen (secondary N) is 1. The van der Waals surface area contributed by atoms with Crippen molar-refractivity contribution in [3.8, 4) is 0 Å². The van der Waals surface area contributed by atoms with Crippen LogP contribution in [0.25, 0.3) is 0 Å². The van der Waals surface area contributed by atoms with Crippen LogP contribution in [-0.2, 0) is 9.53 Å². The number of nitrogens with two attached hydrogens (primary N) is 1. The van der Waals surface area contributed by atoms with E-state index in [1.165, 1.54) is 18.2 Å². The number of halogens is 1. The maximum Gasteiger partial charge on any atom is 0.225 e. The SMILES string of the molecule is COC1(C)CC(N(C)CCC(=O)Nc2cc(N)ccc2F)C1(C)C. The summed E-state index contributed by atoms with van der Waals surface area (Å²) >= 11 is 0. The average molecular weight is 337 g/mol. The zero-order chi connectivity index (χ0) is 18.1. The minimum Gasteiger partial charge on any atom is -0.399 e. The molecule has 0 spiro atoms. The highest BCUT2D eigenvalue weighted by molar-refractivity contribution is 5.91. The first-order valence-electron chi connectivity index (χ1n) is 8.21. The number of anilines is 2. The zero-order valence-electron chi connectivity index (χ0n) is 15.1. The lowest BCUT2D eigenvalue weighted by Gasteiger charge is -2.61. The van der Waals surface area contributed by atoms with Crippen molar-refractivity contribution in [2.45, 2.75) is 45.3 Å². The summed E-state index contributed by atoms with van der Waals surface area (Å²) in [6.45, 7) is 7.09. The Hall–Kier alpha value is -1.66. The van der Waals surface area contributed by atoms with Gasteiger partial charge in [0.15, 0.2) is 0 Å². The highest BCUT2D eigenvalue weighted by Crippen LogP contribution is 2.53. The Morgan fingerprint density at radius 1 is 1.46 bits per heavy atom. The number of nitrogen functional groups attached to an aromatic ring is 1. The molecular weight excluding hydrogens is 309 g/mol. The van der Waals surface area contributed by atoms with Crippen molar-refractivity contribution >= 4 is 17.3 Å². The molecule has 1 fully saturated rings. The Morgan fingerprint density at radius 3 is 2.71 bits per heavy atom. The third-order valence-electron chi connectivity index (χ3n) is 5.72. The van der Waals surface area contributed by atoms with E-state index in [1.54, 1.807) is 7.11 Å². The van der Waals surface area contributed by atoms with Gasteiger partial charge in [-0.1, -0.05) is 13.8 Å². The van der Waals surface area contributed by atoms with E-state index >= 15 is 0 Å². The van der Waals surface area contributed by atoms with E-state index in [2.05, 4.69) is 31.0 Å². The van der Waals surface area contributed by atoms with E-state index < -0.39 is 5.82 Å². The number of benzene rings is 1. The Bertz CT molecular complexity index is 620. The number of ether oxygens (including phenoxy) is 1. The zero-order valence-corrected chi connectivity index (χ0v) is 15.1. The summed E-state index contributed by atoms with van der Waals surface area (Å²) in [6.07, 6.45) is 1.22. The van der Waals surface area contributed by atoms with E-state index in [4.69, 9.17) is 10.5 Å². The van der Waals surface area contributed by atoms with Crippen LogP contribution in [-0.4, -0.2) is 43.2 Å². The predicted octanol–water partition coefficient (Wildman–Crippen LogP) is 2.87. The first-order valence-corrected chi connectivity index (χ1v) is 8.21. The second-order valence-electron chi connectivity index (χ2n) is 7.39. The molecular formula is C18H28FN3O2. The summed E-state index contributed by atoms with van der Waals surface area (Å²) in [6, 6.07) is 4.49. The Kier molecular flexibility index (Phi) is 5.20. The van der Waals surface area contributed by atoms with Crippen molar-refractivity contribution in [3.63, 3.8) is 0 Å². The number of amides is 1. The molecule has 0 aliphatic heterocycles. The number of carbonyl (C=O) groups is 1. The predicted molar refractivity (Wildman–Crippen MR) is 94.3 cm³/mol. The minimum atomic E-state index is -0.484. The van der Waals surface area contributed by atoms with Gasteiger partial charge in [-0.2, -0.15) is 0 Å². The minimum absolute atomic E-state index is 0.00691. The van der Waals surface area contributed by atoms with E-state index in [0.717, 1.165) is 6.42 Å². The van der Waals surface area contributed by atoms with Crippen LogP contribution in [0, 0.1) is 11.2 Å². The van der Waals surface area contributed by atoms with Crippen molar-refractivity contribution < 1.29 is 13.9 Å². The first kappa shape index (κ1) is 18.7. The van der Waals surface area contributed by atoms with Crippen LogP contribution in [0.1, 0.15) is 33.6 Å². The lowest BCUT2D eigenvalue weighted by molar-refractivity contribution is -0.205. The molecule has 2 unspecified atom stereocenters. The molecule has 0 saturated heterocycles. The quantitative estimate of drug-likeness (QED) is 0.783. The molecule has 0 bridgehead atoms. The molecule has 2 rings (SSSR count). The van der Waals surface area contributed by atoms with E-state index in [-0.39, 0.29) is 22.6 Å². The lowest BCUT2D eigenvalue weighted by Crippen LogP contribution is -2.68. The standard InChI is InChI=1S/C18H28FN3O2/c1-17(2)15(11-18(17,3)24-5)22(4)9-8-16(23)21-14-10-12(20)6-7-13(14)19/h6-7,10,15H,8-9,11,20H2,1-5H3,(H,21,23). The van der Waals surface area contributed by atoms with Gasteiger partial charge in [0.2, 0.25) is 5.91 Å². The summed E-state index contributed by atoms with van der Waals surface area (Å²) < 4.78 is 19.3. The molecule has 6 heteroatoms. The fourth-order valence-corrected chi connectivity index (χ4v) is 3.45. The normalized spacial score (nSPS) is 25.4. The molecule has 0 aromatic heterocycles. The monoisotopic (exact) mass is 337 g/mol.